The Morgan fingerprint density at radius 3 is 3.07 bits per heavy atom. The van der Waals surface area contributed by atoms with Gasteiger partial charge < -0.3 is 5.32 Å². The van der Waals surface area contributed by atoms with Crippen molar-refractivity contribution in [3.63, 3.8) is 0 Å². The molecule has 0 aliphatic carbocycles. The van der Waals surface area contributed by atoms with E-state index >= 15 is 0 Å². The molecule has 2 N–H and O–H groups in total. The van der Waals surface area contributed by atoms with Gasteiger partial charge in [-0.3, -0.25) is 4.79 Å². The topological polar surface area (TPSA) is 70.7 Å². The fraction of sp³-hybridized carbons (Fsp3) is 0.125. The highest BCUT2D eigenvalue weighted by Gasteiger charge is 2.07. The summed E-state index contributed by atoms with van der Waals surface area (Å²) < 4.78 is 0. The highest BCUT2D eigenvalue weighted by Crippen LogP contribution is 2.19. The summed E-state index contributed by atoms with van der Waals surface area (Å²) in [6.45, 7) is 0. The van der Waals surface area contributed by atoms with Crippen LogP contribution < -0.4 is 10.9 Å². The molecule has 0 saturated carbocycles. The van der Waals surface area contributed by atoms with Gasteiger partial charge in [0, 0.05) is 12.4 Å². The molecule has 0 amide bonds. The van der Waals surface area contributed by atoms with Gasteiger partial charge in [-0.1, -0.05) is 11.6 Å². The van der Waals surface area contributed by atoms with Gasteiger partial charge in [-0.25, -0.2) is 10.1 Å². The first-order valence-corrected chi connectivity index (χ1v) is 4.32. The Hall–Kier alpha value is -1.62. The molecule has 0 radical (unpaired) electrons. The number of pyridine rings is 1. The maximum absolute atomic E-state index is 11.4. The number of hydrogen-bond donors (Lipinski definition) is 2. The number of fused-ring (bicyclic) bond motifs is 1. The summed E-state index contributed by atoms with van der Waals surface area (Å²) in [6.07, 6.45) is 1.53. The molecule has 14 heavy (non-hydrogen) atoms. The molecule has 0 fully saturated rings. The van der Waals surface area contributed by atoms with Crippen molar-refractivity contribution in [3.05, 3.63) is 27.8 Å². The molecular weight excluding hydrogens is 204 g/mol. The number of halogens is 1. The number of aromatic amines is 1. The predicted octanol–water partition coefficient (Wildman–Crippen LogP) is 1.01. The fourth-order valence-corrected chi connectivity index (χ4v) is 1.47. The number of nitrogens with zero attached hydrogens (tertiary/aromatic N) is 2. The molecule has 2 rings (SSSR count). The monoisotopic (exact) mass is 210 g/mol. The van der Waals surface area contributed by atoms with Crippen LogP contribution in [0.2, 0.25) is 5.15 Å². The van der Waals surface area contributed by atoms with Gasteiger partial charge in [0.25, 0.3) is 5.56 Å². The van der Waals surface area contributed by atoms with E-state index < -0.39 is 0 Å². The number of hydrogen-bond acceptors (Lipinski definition) is 4. The molecule has 2 heterocycles. The van der Waals surface area contributed by atoms with Gasteiger partial charge in [0.15, 0.2) is 0 Å². The molecule has 0 aromatic carbocycles. The van der Waals surface area contributed by atoms with Crippen LogP contribution in [-0.4, -0.2) is 22.2 Å². The molecule has 0 unspecified atom stereocenters. The third-order valence-corrected chi connectivity index (χ3v) is 2.05. The van der Waals surface area contributed by atoms with E-state index in [1.807, 2.05) is 0 Å². The number of H-pyrrole nitrogens is 1. The van der Waals surface area contributed by atoms with E-state index in [-0.39, 0.29) is 5.56 Å². The SMILES string of the molecule is CNc1nc(Cl)cc2cn[nH]c(=O)c12. The normalized spacial score (nSPS) is 10.4. The molecule has 2 aromatic heterocycles. The van der Waals surface area contributed by atoms with E-state index in [1.54, 1.807) is 13.1 Å². The van der Waals surface area contributed by atoms with Gasteiger partial charge in [0.1, 0.15) is 11.0 Å². The Bertz CT molecular complexity index is 536. The molecule has 0 aliphatic heterocycles. The third kappa shape index (κ3) is 1.31. The van der Waals surface area contributed by atoms with Crippen LogP contribution in [0.1, 0.15) is 0 Å². The lowest BCUT2D eigenvalue weighted by Gasteiger charge is -2.03. The standard InChI is InChI=1S/C8H7ClN4O/c1-10-7-6-4(2-5(9)12-7)3-11-13-8(6)14/h2-3H,1H3,(H,10,12)(H,13,14). The zero-order valence-corrected chi connectivity index (χ0v) is 8.09. The van der Waals surface area contributed by atoms with E-state index in [1.165, 1.54) is 6.20 Å². The second-order valence-corrected chi connectivity index (χ2v) is 3.09. The molecule has 0 saturated heterocycles. The quantitative estimate of drug-likeness (QED) is 0.690. The summed E-state index contributed by atoms with van der Waals surface area (Å²) in [4.78, 5) is 15.4. The average molecular weight is 211 g/mol. The van der Waals surface area contributed by atoms with Gasteiger partial charge in [-0.2, -0.15) is 5.10 Å². The Kier molecular flexibility index (Phi) is 2.09. The van der Waals surface area contributed by atoms with Gasteiger partial charge in [-0.05, 0) is 6.07 Å². The average Bonchev–Trinajstić information content (AvgIpc) is 2.16. The minimum absolute atomic E-state index is 0.281. The van der Waals surface area contributed by atoms with Crippen molar-refractivity contribution < 1.29 is 0 Å². The lowest BCUT2D eigenvalue weighted by Crippen LogP contribution is -2.10. The van der Waals surface area contributed by atoms with Gasteiger partial charge in [0.2, 0.25) is 0 Å². The number of rotatable bonds is 1. The van der Waals surface area contributed by atoms with Crippen molar-refractivity contribution in [1.82, 2.24) is 15.2 Å². The lowest BCUT2D eigenvalue weighted by molar-refractivity contribution is 1.01. The Labute approximate surface area is 84.1 Å². The Morgan fingerprint density at radius 2 is 2.36 bits per heavy atom. The van der Waals surface area contributed by atoms with Gasteiger partial charge in [0.05, 0.1) is 11.6 Å². The van der Waals surface area contributed by atoms with Crippen molar-refractivity contribution in [3.8, 4) is 0 Å². The third-order valence-electron chi connectivity index (χ3n) is 1.85. The number of anilines is 1. The number of aromatic nitrogens is 3. The van der Waals surface area contributed by atoms with Gasteiger partial charge >= 0.3 is 0 Å². The second kappa shape index (κ2) is 3.26. The summed E-state index contributed by atoms with van der Waals surface area (Å²) in [5.41, 5.74) is -0.281. The van der Waals surface area contributed by atoms with Crippen molar-refractivity contribution in [2.24, 2.45) is 0 Å². The summed E-state index contributed by atoms with van der Waals surface area (Å²) in [5.74, 6) is 0.455. The summed E-state index contributed by atoms with van der Waals surface area (Å²) >= 11 is 5.76. The van der Waals surface area contributed by atoms with Gasteiger partial charge in [-0.15, -0.1) is 0 Å². The molecule has 6 heteroatoms. The van der Waals surface area contributed by atoms with Crippen LogP contribution in [0.3, 0.4) is 0 Å². The molecule has 0 atom stereocenters. The molecule has 0 aliphatic rings. The van der Waals surface area contributed by atoms with E-state index in [2.05, 4.69) is 20.5 Å². The van der Waals surface area contributed by atoms with Crippen LogP contribution in [0.25, 0.3) is 10.8 Å². The van der Waals surface area contributed by atoms with Crippen LogP contribution in [0.15, 0.2) is 17.1 Å². The summed E-state index contributed by atoms with van der Waals surface area (Å²) in [5, 5.41) is 10.3. The van der Waals surface area contributed by atoms with Crippen LogP contribution in [0, 0.1) is 0 Å². The highest BCUT2D eigenvalue weighted by atomic mass is 35.5. The first-order chi connectivity index (χ1) is 6.72. The highest BCUT2D eigenvalue weighted by molar-refractivity contribution is 6.30. The molecular formula is C8H7ClN4O. The number of nitrogens with one attached hydrogen (secondary N) is 2. The Balaban J connectivity index is 2.96. The van der Waals surface area contributed by atoms with Crippen molar-refractivity contribution in [1.29, 1.82) is 0 Å². The summed E-state index contributed by atoms with van der Waals surface area (Å²) in [6, 6.07) is 1.60. The van der Waals surface area contributed by atoms with Crippen molar-refractivity contribution in [2.75, 3.05) is 12.4 Å². The molecule has 0 bridgehead atoms. The van der Waals surface area contributed by atoms with Crippen molar-refractivity contribution >= 4 is 28.2 Å². The first kappa shape index (κ1) is 8.96. The lowest BCUT2D eigenvalue weighted by atomic mass is 10.2. The van der Waals surface area contributed by atoms with Crippen LogP contribution in [0.5, 0.6) is 0 Å². The van der Waals surface area contributed by atoms with Crippen LogP contribution in [-0.2, 0) is 0 Å². The summed E-state index contributed by atoms with van der Waals surface area (Å²) in [7, 11) is 1.68. The largest absolute Gasteiger partial charge is 0.372 e. The Morgan fingerprint density at radius 1 is 1.57 bits per heavy atom. The van der Waals surface area contributed by atoms with E-state index in [4.69, 9.17) is 11.6 Å². The minimum Gasteiger partial charge on any atom is -0.372 e. The van der Waals surface area contributed by atoms with E-state index in [9.17, 15) is 4.79 Å². The first-order valence-electron chi connectivity index (χ1n) is 3.94. The van der Waals surface area contributed by atoms with Crippen molar-refractivity contribution in [2.45, 2.75) is 0 Å². The van der Waals surface area contributed by atoms with Crippen LogP contribution in [0.4, 0.5) is 5.82 Å². The maximum Gasteiger partial charge on any atom is 0.275 e. The van der Waals surface area contributed by atoms with E-state index in [0.29, 0.717) is 21.7 Å². The smallest absolute Gasteiger partial charge is 0.275 e. The fourth-order valence-electron chi connectivity index (χ4n) is 1.27. The van der Waals surface area contributed by atoms with Crippen LogP contribution >= 0.6 is 11.6 Å². The molecule has 2 aromatic rings. The molecule has 0 spiro atoms. The zero-order chi connectivity index (χ0) is 10.1. The maximum atomic E-state index is 11.4. The second-order valence-electron chi connectivity index (χ2n) is 2.71. The molecule has 72 valence electrons. The predicted molar refractivity (Wildman–Crippen MR) is 54.7 cm³/mol. The van der Waals surface area contributed by atoms with E-state index in [0.717, 1.165) is 0 Å². The molecule has 5 nitrogen and oxygen atoms in total. The zero-order valence-electron chi connectivity index (χ0n) is 7.34. The minimum atomic E-state index is -0.281.